The highest BCUT2D eigenvalue weighted by atomic mass is 32.2. The van der Waals surface area contributed by atoms with Crippen molar-refractivity contribution < 1.29 is 4.79 Å². The topological polar surface area (TPSA) is 70.7 Å². The van der Waals surface area contributed by atoms with Gasteiger partial charge in [0.2, 0.25) is 11.1 Å². The number of carbonyl (C=O) groups excluding carboxylic acids is 1. The molecule has 25 heavy (non-hydrogen) atoms. The average Bonchev–Trinajstić information content (AvgIpc) is 3.05. The molecule has 1 atom stereocenters. The third kappa shape index (κ3) is 4.48. The van der Waals surface area contributed by atoms with E-state index in [1.54, 1.807) is 0 Å². The molecule has 0 aliphatic heterocycles. The van der Waals surface area contributed by atoms with E-state index in [-0.39, 0.29) is 17.2 Å². The van der Waals surface area contributed by atoms with Crippen LogP contribution in [-0.2, 0) is 4.79 Å². The van der Waals surface area contributed by atoms with E-state index in [0.717, 1.165) is 17.0 Å². The number of hydrogen-bond donors (Lipinski definition) is 2. The van der Waals surface area contributed by atoms with Crippen LogP contribution in [0.2, 0.25) is 0 Å². The Balaban J connectivity index is 1.76. The van der Waals surface area contributed by atoms with Crippen LogP contribution in [0.1, 0.15) is 29.9 Å². The van der Waals surface area contributed by atoms with E-state index in [2.05, 4.69) is 20.5 Å². The maximum absolute atomic E-state index is 12.7. The van der Waals surface area contributed by atoms with Crippen molar-refractivity contribution in [2.45, 2.75) is 30.3 Å². The van der Waals surface area contributed by atoms with Crippen molar-refractivity contribution in [3.05, 3.63) is 77.6 Å². The summed E-state index contributed by atoms with van der Waals surface area (Å²) in [4.78, 5) is 17.0. The number of rotatable bonds is 6. The van der Waals surface area contributed by atoms with E-state index in [9.17, 15) is 4.79 Å². The predicted molar refractivity (Wildman–Crippen MR) is 99.3 cm³/mol. The van der Waals surface area contributed by atoms with Gasteiger partial charge in [-0.05, 0) is 25.0 Å². The van der Waals surface area contributed by atoms with Gasteiger partial charge in [-0.3, -0.25) is 9.89 Å². The quantitative estimate of drug-likeness (QED) is 0.666. The fraction of sp³-hybridized carbons (Fsp3) is 0.211. The van der Waals surface area contributed by atoms with Crippen LogP contribution in [0.4, 0.5) is 0 Å². The smallest absolute Gasteiger partial charge is 0.234 e. The molecule has 0 fully saturated rings. The minimum absolute atomic E-state index is 0.0508. The maximum atomic E-state index is 12.7. The van der Waals surface area contributed by atoms with Gasteiger partial charge in [-0.2, -0.15) is 0 Å². The lowest BCUT2D eigenvalue weighted by atomic mass is 9.98. The lowest BCUT2D eigenvalue weighted by molar-refractivity contribution is -0.120. The molecule has 6 heteroatoms. The fourth-order valence-corrected chi connectivity index (χ4v) is 3.28. The highest BCUT2D eigenvalue weighted by molar-refractivity contribution is 8.00. The summed E-state index contributed by atoms with van der Waals surface area (Å²) in [5.41, 5.74) is 2.10. The number of H-pyrrole nitrogens is 1. The van der Waals surface area contributed by atoms with E-state index in [0.29, 0.717) is 5.16 Å². The first-order chi connectivity index (χ1) is 12.1. The molecule has 0 bridgehead atoms. The van der Waals surface area contributed by atoms with Gasteiger partial charge in [0.05, 0.1) is 11.3 Å². The number of aromatic amines is 1. The minimum atomic E-state index is -0.301. The number of hydrogen-bond acceptors (Lipinski definition) is 4. The molecule has 2 aromatic carbocycles. The van der Waals surface area contributed by atoms with Gasteiger partial charge in [0.1, 0.15) is 5.82 Å². The zero-order valence-corrected chi connectivity index (χ0v) is 15.0. The largest absolute Gasteiger partial charge is 0.344 e. The van der Waals surface area contributed by atoms with Crippen molar-refractivity contribution in [3.63, 3.8) is 0 Å². The molecule has 1 aromatic heterocycles. The van der Waals surface area contributed by atoms with E-state index >= 15 is 0 Å². The zero-order chi connectivity index (χ0) is 17.6. The fourth-order valence-electron chi connectivity index (χ4n) is 2.50. The van der Waals surface area contributed by atoms with Crippen molar-refractivity contribution in [2.75, 3.05) is 0 Å². The third-order valence-corrected chi connectivity index (χ3v) is 4.74. The van der Waals surface area contributed by atoms with Gasteiger partial charge in [0.25, 0.3) is 0 Å². The second kappa shape index (κ2) is 7.98. The van der Waals surface area contributed by atoms with Crippen molar-refractivity contribution >= 4 is 17.7 Å². The molecule has 0 aliphatic carbocycles. The Kier molecular flexibility index (Phi) is 5.50. The standard InChI is InChI=1S/C19H20N4OS/c1-13(25-19-20-14(2)22-23-19)18(24)21-17(15-9-5-3-6-10-15)16-11-7-4-8-12-16/h3-13,17H,1-2H3,(H,21,24)(H,20,22,23)/t13-/m0/s1. The molecular formula is C19H20N4OS. The number of amides is 1. The summed E-state index contributed by atoms with van der Waals surface area (Å²) in [6, 6.07) is 19.8. The Morgan fingerprint density at radius 2 is 1.60 bits per heavy atom. The molecule has 0 saturated carbocycles. The van der Waals surface area contributed by atoms with Gasteiger partial charge < -0.3 is 5.32 Å². The maximum Gasteiger partial charge on any atom is 0.234 e. The molecule has 0 unspecified atom stereocenters. The van der Waals surface area contributed by atoms with Gasteiger partial charge in [0, 0.05) is 0 Å². The highest BCUT2D eigenvalue weighted by Crippen LogP contribution is 2.24. The van der Waals surface area contributed by atoms with Crippen LogP contribution in [0.25, 0.3) is 0 Å². The highest BCUT2D eigenvalue weighted by Gasteiger charge is 2.22. The SMILES string of the molecule is Cc1nc(S[C@@H](C)C(=O)NC(c2ccccc2)c2ccccc2)n[nH]1. The molecule has 1 heterocycles. The zero-order valence-electron chi connectivity index (χ0n) is 14.1. The number of carbonyl (C=O) groups is 1. The van der Waals surface area contributed by atoms with E-state index in [4.69, 9.17) is 0 Å². The molecule has 128 valence electrons. The third-order valence-electron chi connectivity index (χ3n) is 3.78. The summed E-state index contributed by atoms with van der Waals surface area (Å²) >= 11 is 1.34. The molecule has 0 spiro atoms. The van der Waals surface area contributed by atoms with E-state index in [1.165, 1.54) is 11.8 Å². The molecule has 0 saturated heterocycles. The van der Waals surface area contributed by atoms with Gasteiger partial charge >= 0.3 is 0 Å². The molecule has 1 amide bonds. The van der Waals surface area contributed by atoms with Crippen LogP contribution in [0.5, 0.6) is 0 Å². The van der Waals surface area contributed by atoms with Crippen LogP contribution in [0, 0.1) is 6.92 Å². The molecule has 3 rings (SSSR count). The number of thioether (sulfide) groups is 1. The first kappa shape index (κ1) is 17.2. The summed E-state index contributed by atoms with van der Waals surface area (Å²) in [6.45, 7) is 3.70. The van der Waals surface area contributed by atoms with Crippen LogP contribution in [-0.4, -0.2) is 26.3 Å². The Hall–Kier alpha value is -2.60. The summed E-state index contributed by atoms with van der Waals surface area (Å²) in [6.07, 6.45) is 0. The molecule has 5 nitrogen and oxygen atoms in total. The first-order valence-electron chi connectivity index (χ1n) is 8.09. The predicted octanol–water partition coefficient (Wildman–Crippen LogP) is 3.50. The Bertz CT molecular complexity index is 780. The molecule has 0 aliphatic rings. The Labute approximate surface area is 151 Å². The van der Waals surface area contributed by atoms with Crippen molar-refractivity contribution in [3.8, 4) is 0 Å². The summed E-state index contributed by atoms with van der Waals surface area (Å²) < 4.78 is 0. The number of benzene rings is 2. The van der Waals surface area contributed by atoms with Crippen LogP contribution < -0.4 is 5.32 Å². The first-order valence-corrected chi connectivity index (χ1v) is 8.97. The van der Waals surface area contributed by atoms with Crippen molar-refractivity contribution in [1.29, 1.82) is 0 Å². The molecule has 0 radical (unpaired) electrons. The van der Waals surface area contributed by atoms with E-state index in [1.807, 2.05) is 74.5 Å². The molecule has 3 aromatic rings. The Morgan fingerprint density at radius 3 is 2.08 bits per heavy atom. The average molecular weight is 352 g/mol. The van der Waals surface area contributed by atoms with Gasteiger partial charge in [-0.25, -0.2) is 4.98 Å². The number of aromatic nitrogens is 3. The molecular weight excluding hydrogens is 332 g/mol. The number of aryl methyl sites for hydroxylation is 1. The van der Waals surface area contributed by atoms with Crippen molar-refractivity contribution in [1.82, 2.24) is 20.5 Å². The Morgan fingerprint density at radius 1 is 1.04 bits per heavy atom. The number of nitrogens with one attached hydrogen (secondary N) is 2. The second-order valence-electron chi connectivity index (χ2n) is 5.73. The normalized spacial score (nSPS) is 12.1. The van der Waals surface area contributed by atoms with Gasteiger partial charge in [-0.1, -0.05) is 72.4 Å². The van der Waals surface area contributed by atoms with E-state index < -0.39 is 0 Å². The monoisotopic (exact) mass is 352 g/mol. The molecule has 2 N–H and O–H groups in total. The summed E-state index contributed by atoms with van der Waals surface area (Å²) in [7, 11) is 0. The van der Waals surface area contributed by atoms with Gasteiger partial charge in [0.15, 0.2) is 0 Å². The lowest BCUT2D eigenvalue weighted by Crippen LogP contribution is -2.35. The lowest BCUT2D eigenvalue weighted by Gasteiger charge is -2.21. The summed E-state index contributed by atoms with van der Waals surface area (Å²) in [5, 5.41) is 10.3. The second-order valence-corrected chi connectivity index (χ2v) is 7.03. The van der Waals surface area contributed by atoms with Crippen LogP contribution in [0.15, 0.2) is 65.8 Å². The van der Waals surface area contributed by atoms with Crippen LogP contribution in [0.3, 0.4) is 0 Å². The van der Waals surface area contributed by atoms with Crippen molar-refractivity contribution in [2.24, 2.45) is 0 Å². The number of nitrogens with zero attached hydrogens (tertiary/aromatic N) is 2. The minimum Gasteiger partial charge on any atom is -0.344 e. The summed E-state index contributed by atoms with van der Waals surface area (Å²) in [5.74, 6) is 0.687. The van der Waals surface area contributed by atoms with Crippen LogP contribution >= 0.6 is 11.8 Å². The van der Waals surface area contributed by atoms with Gasteiger partial charge in [-0.15, -0.1) is 5.10 Å².